The van der Waals surface area contributed by atoms with Crippen molar-refractivity contribution in [3.8, 4) is 0 Å². The van der Waals surface area contributed by atoms with Gasteiger partial charge in [-0.3, -0.25) is 0 Å². The minimum Gasteiger partial charge on any atom is -0.478 e. The third-order valence-corrected chi connectivity index (χ3v) is 3.39. The highest BCUT2D eigenvalue weighted by Crippen LogP contribution is 2.23. The van der Waals surface area contributed by atoms with Gasteiger partial charge in [0.05, 0.1) is 0 Å². The van der Waals surface area contributed by atoms with E-state index in [1.54, 1.807) is 12.3 Å². The van der Waals surface area contributed by atoms with E-state index in [1.165, 1.54) is 11.6 Å². The van der Waals surface area contributed by atoms with Gasteiger partial charge in [0.2, 0.25) is 0 Å². The van der Waals surface area contributed by atoms with E-state index in [1.807, 2.05) is 12.1 Å². The standard InChI is InChI=1S/C16H18N2O2/c1-3-11(2)12-6-8-13(9-7-12)18-15-14(16(19)20)5-4-10-17-15/h4-11H,3H2,1-2H3,(H,17,18)(H,19,20). The molecule has 1 atom stereocenters. The van der Waals surface area contributed by atoms with Crippen LogP contribution in [0.4, 0.5) is 11.5 Å². The maximum Gasteiger partial charge on any atom is 0.339 e. The molecule has 1 heterocycles. The number of carboxylic acid groups (broad SMARTS) is 1. The van der Waals surface area contributed by atoms with Crippen LogP contribution in [0.1, 0.15) is 42.1 Å². The Morgan fingerprint density at radius 2 is 2.00 bits per heavy atom. The lowest BCUT2D eigenvalue weighted by Gasteiger charge is -2.11. The number of anilines is 2. The van der Waals surface area contributed by atoms with Gasteiger partial charge in [-0.2, -0.15) is 0 Å². The third-order valence-electron chi connectivity index (χ3n) is 3.39. The van der Waals surface area contributed by atoms with Crippen LogP contribution >= 0.6 is 0 Å². The summed E-state index contributed by atoms with van der Waals surface area (Å²) in [5, 5.41) is 12.2. The van der Waals surface area contributed by atoms with Crippen LogP contribution in [-0.4, -0.2) is 16.1 Å². The molecule has 0 aliphatic carbocycles. The summed E-state index contributed by atoms with van der Waals surface area (Å²) >= 11 is 0. The maximum absolute atomic E-state index is 11.1. The second kappa shape index (κ2) is 6.19. The molecule has 0 bridgehead atoms. The summed E-state index contributed by atoms with van der Waals surface area (Å²) in [5.74, 6) is -0.110. The Morgan fingerprint density at radius 1 is 1.30 bits per heavy atom. The van der Waals surface area contributed by atoms with Crippen LogP contribution in [0.3, 0.4) is 0 Å². The molecular formula is C16H18N2O2. The van der Waals surface area contributed by atoms with Crippen molar-refractivity contribution in [1.82, 2.24) is 4.98 Å². The fourth-order valence-corrected chi connectivity index (χ4v) is 1.94. The van der Waals surface area contributed by atoms with Gasteiger partial charge in [0.15, 0.2) is 0 Å². The molecule has 20 heavy (non-hydrogen) atoms. The molecule has 2 N–H and O–H groups in total. The second-order valence-electron chi connectivity index (χ2n) is 4.76. The quantitative estimate of drug-likeness (QED) is 0.860. The zero-order valence-corrected chi connectivity index (χ0v) is 11.6. The van der Waals surface area contributed by atoms with Gasteiger partial charge in [-0.05, 0) is 42.2 Å². The van der Waals surface area contributed by atoms with E-state index >= 15 is 0 Å². The summed E-state index contributed by atoms with van der Waals surface area (Å²) in [7, 11) is 0. The molecule has 0 spiro atoms. The van der Waals surface area contributed by atoms with E-state index in [0.29, 0.717) is 11.7 Å². The highest BCUT2D eigenvalue weighted by atomic mass is 16.4. The monoisotopic (exact) mass is 270 g/mol. The van der Waals surface area contributed by atoms with E-state index in [4.69, 9.17) is 5.11 Å². The molecule has 1 unspecified atom stereocenters. The van der Waals surface area contributed by atoms with E-state index in [0.717, 1.165) is 12.1 Å². The number of rotatable bonds is 5. The van der Waals surface area contributed by atoms with E-state index in [-0.39, 0.29) is 5.56 Å². The predicted molar refractivity (Wildman–Crippen MR) is 79.6 cm³/mol. The fraction of sp³-hybridized carbons (Fsp3) is 0.250. The van der Waals surface area contributed by atoms with Crippen molar-refractivity contribution in [1.29, 1.82) is 0 Å². The summed E-state index contributed by atoms with van der Waals surface area (Å²) in [6, 6.07) is 11.1. The Kier molecular flexibility index (Phi) is 4.35. The van der Waals surface area contributed by atoms with Crippen LogP contribution in [0.25, 0.3) is 0 Å². The summed E-state index contributed by atoms with van der Waals surface area (Å²) in [6.07, 6.45) is 2.67. The van der Waals surface area contributed by atoms with E-state index < -0.39 is 5.97 Å². The lowest BCUT2D eigenvalue weighted by Crippen LogP contribution is -2.04. The molecule has 0 fully saturated rings. The molecule has 0 saturated carbocycles. The van der Waals surface area contributed by atoms with E-state index in [9.17, 15) is 4.79 Å². The molecule has 0 aliphatic heterocycles. The van der Waals surface area contributed by atoms with Crippen LogP contribution in [0.5, 0.6) is 0 Å². The largest absolute Gasteiger partial charge is 0.478 e. The molecule has 2 aromatic rings. The minimum absolute atomic E-state index is 0.165. The molecule has 0 aliphatic rings. The maximum atomic E-state index is 11.1. The van der Waals surface area contributed by atoms with Crippen LogP contribution in [0.15, 0.2) is 42.6 Å². The van der Waals surface area contributed by atoms with Crippen molar-refractivity contribution in [2.24, 2.45) is 0 Å². The van der Waals surface area contributed by atoms with Crippen molar-refractivity contribution in [3.05, 3.63) is 53.7 Å². The molecule has 4 nitrogen and oxygen atoms in total. The highest BCUT2D eigenvalue weighted by molar-refractivity contribution is 5.93. The number of nitrogens with one attached hydrogen (secondary N) is 1. The number of carbonyl (C=O) groups is 1. The van der Waals surface area contributed by atoms with Crippen molar-refractivity contribution in [3.63, 3.8) is 0 Å². The number of aromatic nitrogens is 1. The van der Waals surface area contributed by atoms with Gasteiger partial charge in [-0.25, -0.2) is 9.78 Å². The molecule has 0 saturated heterocycles. The molecular weight excluding hydrogens is 252 g/mol. The zero-order valence-electron chi connectivity index (χ0n) is 11.6. The van der Waals surface area contributed by atoms with Crippen LogP contribution < -0.4 is 5.32 Å². The first kappa shape index (κ1) is 14.1. The predicted octanol–water partition coefficient (Wildman–Crippen LogP) is 4.04. The number of hydrogen-bond donors (Lipinski definition) is 2. The normalized spacial score (nSPS) is 11.9. The number of pyridine rings is 1. The number of nitrogens with zero attached hydrogens (tertiary/aromatic N) is 1. The van der Waals surface area contributed by atoms with Gasteiger partial charge in [-0.15, -0.1) is 0 Å². The number of aromatic carboxylic acids is 1. The second-order valence-corrected chi connectivity index (χ2v) is 4.76. The average molecular weight is 270 g/mol. The Balaban J connectivity index is 2.20. The van der Waals surface area contributed by atoms with Crippen molar-refractivity contribution in [2.45, 2.75) is 26.2 Å². The Hall–Kier alpha value is -2.36. The van der Waals surface area contributed by atoms with Gasteiger partial charge < -0.3 is 10.4 Å². The zero-order chi connectivity index (χ0) is 14.5. The molecule has 1 aromatic carbocycles. The number of benzene rings is 1. The van der Waals surface area contributed by atoms with E-state index in [2.05, 4.69) is 36.3 Å². The highest BCUT2D eigenvalue weighted by Gasteiger charge is 2.10. The van der Waals surface area contributed by atoms with Crippen molar-refractivity contribution >= 4 is 17.5 Å². The van der Waals surface area contributed by atoms with Crippen molar-refractivity contribution in [2.75, 3.05) is 5.32 Å². The van der Waals surface area contributed by atoms with Crippen molar-refractivity contribution < 1.29 is 9.90 Å². The number of hydrogen-bond acceptors (Lipinski definition) is 3. The molecule has 0 amide bonds. The minimum atomic E-state index is -0.989. The first-order valence-electron chi connectivity index (χ1n) is 6.67. The summed E-state index contributed by atoms with van der Waals surface area (Å²) < 4.78 is 0. The lowest BCUT2D eigenvalue weighted by atomic mass is 9.99. The molecule has 2 rings (SSSR count). The lowest BCUT2D eigenvalue weighted by molar-refractivity contribution is 0.0697. The summed E-state index contributed by atoms with van der Waals surface area (Å²) in [5.41, 5.74) is 2.27. The molecule has 0 radical (unpaired) electrons. The summed E-state index contributed by atoms with van der Waals surface area (Å²) in [6.45, 7) is 4.34. The third kappa shape index (κ3) is 3.15. The smallest absolute Gasteiger partial charge is 0.339 e. The Labute approximate surface area is 118 Å². The van der Waals surface area contributed by atoms with Gasteiger partial charge in [0.25, 0.3) is 0 Å². The number of carboxylic acids is 1. The van der Waals surface area contributed by atoms with Crippen LogP contribution in [0, 0.1) is 0 Å². The first-order chi connectivity index (χ1) is 9.61. The topological polar surface area (TPSA) is 62.2 Å². The van der Waals surface area contributed by atoms with Gasteiger partial charge in [0, 0.05) is 11.9 Å². The van der Waals surface area contributed by atoms with Gasteiger partial charge >= 0.3 is 5.97 Å². The Bertz CT molecular complexity index is 594. The molecule has 4 heteroatoms. The first-order valence-corrected chi connectivity index (χ1v) is 6.67. The van der Waals surface area contributed by atoms with Gasteiger partial charge in [-0.1, -0.05) is 26.0 Å². The van der Waals surface area contributed by atoms with Crippen LogP contribution in [0.2, 0.25) is 0 Å². The summed E-state index contributed by atoms with van der Waals surface area (Å²) in [4.78, 5) is 15.2. The molecule has 1 aromatic heterocycles. The molecule has 104 valence electrons. The van der Waals surface area contributed by atoms with Gasteiger partial charge in [0.1, 0.15) is 11.4 Å². The van der Waals surface area contributed by atoms with Crippen LogP contribution in [-0.2, 0) is 0 Å². The average Bonchev–Trinajstić information content (AvgIpc) is 2.47. The fourth-order valence-electron chi connectivity index (χ4n) is 1.94. The Morgan fingerprint density at radius 3 is 2.60 bits per heavy atom. The SMILES string of the molecule is CCC(C)c1ccc(Nc2ncccc2C(=O)O)cc1.